The average Bonchev–Trinajstić information content (AvgIpc) is 2.84. The molecule has 0 fully saturated rings. The highest BCUT2D eigenvalue weighted by molar-refractivity contribution is 9.10. The lowest BCUT2D eigenvalue weighted by Gasteiger charge is -2.09. The minimum atomic E-state index is -0.457. The number of anilines is 1. The normalized spacial score (nSPS) is 10.6. The van der Waals surface area contributed by atoms with E-state index >= 15 is 0 Å². The molecule has 1 amide bonds. The first-order valence-corrected chi connectivity index (χ1v) is 11.9. The number of hydrogen-bond donors (Lipinski definition) is 1. The van der Waals surface area contributed by atoms with E-state index in [0.29, 0.717) is 11.4 Å². The van der Waals surface area contributed by atoms with E-state index in [-0.39, 0.29) is 12.4 Å². The maximum atomic E-state index is 12.1. The van der Waals surface area contributed by atoms with Gasteiger partial charge in [-0.1, -0.05) is 48.5 Å². The Hall–Kier alpha value is -3.29. The predicted molar refractivity (Wildman–Crippen MR) is 135 cm³/mol. The van der Waals surface area contributed by atoms with E-state index in [2.05, 4.69) is 21.2 Å². The van der Waals surface area contributed by atoms with Crippen molar-refractivity contribution in [3.8, 4) is 11.5 Å². The van der Waals surface area contributed by atoms with Crippen molar-refractivity contribution in [3.63, 3.8) is 0 Å². The van der Waals surface area contributed by atoms with Crippen molar-refractivity contribution in [2.45, 2.75) is 4.90 Å². The third-order valence-corrected chi connectivity index (χ3v) is 6.80. The first-order chi connectivity index (χ1) is 16.1. The number of halogens is 1. The minimum absolute atomic E-state index is 0.107. The van der Waals surface area contributed by atoms with Crippen LogP contribution in [0, 0.1) is 0 Å². The highest BCUT2D eigenvalue weighted by Gasteiger charge is 2.11. The molecule has 0 saturated heterocycles. The fourth-order valence-electron chi connectivity index (χ4n) is 3.08. The van der Waals surface area contributed by atoms with Gasteiger partial charge in [-0.3, -0.25) is 9.59 Å². The van der Waals surface area contributed by atoms with Gasteiger partial charge in [-0.25, -0.2) is 0 Å². The molecule has 33 heavy (non-hydrogen) atoms. The van der Waals surface area contributed by atoms with Crippen LogP contribution in [0.4, 0.5) is 5.69 Å². The maximum Gasteiger partial charge on any atom is 0.316 e. The van der Waals surface area contributed by atoms with Gasteiger partial charge in [0.15, 0.2) is 6.61 Å². The molecule has 0 atom stereocenters. The van der Waals surface area contributed by atoms with Gasteiger partial charge in [-0.2, -0.15) is 0 Å². The molecule has 4 rings (SSSR count). The van der Waals surface area contributed by atoms with E-state index in [9.17, 15) is 9.59 Å². The molecule has 0 aliphatic heterocycles. The second-order valence-electron chi connectivity index (χ2n) is 7.04. The zero-order chi connectivity index (χ0) is 23.0. The molecule has 0 spiro atoms. The van der Waals surface area contributed by atoms with Crippen molar-refractivity contribution in [2.75, 3.05) is 17.7 Å². The lowest BCUT2D eigenvalue weighted by molar-refractivity contribution is -0.144. The highest BCUT2D eigenvalue weighted by atomic mass is 79.9. The second-order valence-corrected chi connectivity index (χ2v) is 8.85. The molecule has 0 unspecified atom stereocenters. The zero-order valence-electron chi connectivity index (χ0n) is 17.5. The van der Waals surface area contributed by atoms with Crippen LogP contribution in [-0.4, -0.2) is 24.2 Å². The minimum Gasteiger partial charge on any atom is -0.457 e. The first kappa shape index (κ1) is 22.9. The van der Waals surface area contributed by atoms with Gasteiger partial charge in [-0.15, -0.1) is 11.8 Å². The Labute approximate surface area is 204 Å². The molecule has 0 bridgehead atoms. The van der Waals surface area contributed by atoms with Gasteiger partial charge in [0.1, 0.15) is 11.5 Å². The van der Waals surface area contributed by atoms with Crippen molar-refractivity contribution in [1.29, 1.82) is 0 Å². The molecule has 0 aromatic heterocycles. The smallest absolute Gasteiger partial charge is 0.316 e. The Balaban J connectivity index is 1.22. The predicted octanol–water partition coefficient (Wildman–Crippen LogP) is 6.67. The van der Waals surface area contributed by atoms with E-state index in [1.54, 1.807) is 24.3 Å². The van der Waals surface area contributed by atoms with Crippen LogP contribution in [0.1, 0.15) is 0 Å². The van der Waals surface area contributed by atoms with Crippen molar-refractivity contribution in [2.24, 2.45) is 0 Å². The van der Waals surface area contributed by atoms with Crippen LogP contribution in [0.5, 0.6) is 11.5 Å². The average molecular weight is 522 g/mol. The van der Waals surface area contributed by atoms with Crippen LogP contribution in [0.3, 0.4) is 0 Å². The van der Waals surface area contributed by atoms with Crippen LogP contribution in [0.25, 0.3) is 10.8 Å². The SMILES string of the molecule is O=C(COC(=O)CSc1ccc2ccccc2c1Br)Nc1ccc(Oc2ccccc2)cc1. The molecule has 0 radical (unpaired) electrons. The fourth-order valence-corrected chi connectivity index (χ4v) is 4.67. The number of fused-ring (bicyclic) bond motifs is 1. The second kappa shape index (κ2) is 11.0. The Morgan fingerprint density at radius 3 is 2.30 bits per heavy atom. The first-order valence-electron chi connectivity index (χ1n) is 10.2. The van der Waals surface area contributed by atoms with Crippen molar-refractivity contribution in [3.05, 3.63) is 95.5 Å². The topological polar surface area (TPSA) is 64.6 Å². The van der Waals surface area contributed by atoms with Gasteiger partial charge in [-0.05, 0) is 69.2 Å². The van der Waals surface area contributed by atoms with Gasteiger partial charge in [0.05, 0.1) is 5.75 Å². The van der Waals surface area contributed by atoms with Crippen LogP contribution in [0.15, 0.2) is 100 Å². The van der Waals surface area contributed by atoms with Gasteiger partial charge in [0.25, 0.3) is 5.91 Å². The molecule has 7 heteroatoms. The van der Waals surface area contributed by atoms with Gasteiger partial charge in [0, 0.05) is 15.1 Å². The van der Waals surface area contributed by atoms with Crippen LogP contribution in [0.2, 0.25) is 0 Å². The Bertz CT molecular complexity index is 1260. The number of nitrogens with one attached hydrogen (secondary N) is 1. The summed E-state index contributed by atoms with van der Waals surface area (Å²) in [5.41, 5.74) is 0.589. The summed E-state index contributed by atoms with van der Waals surface area (Å²) in [6, 6.07) is 28.4. The number of hydrogen-bond acceptors (Lipinski definition) is 5. The summed E-state index contributed by atoms with van der Waals surface area (Å²) in [6.45, 7) is -0.347. The number of rotatable bonds is 8. The van der Waals surface area contributed by atoms with Crippen molar-refractivity contribution in [1.82, 2.24) is 0 Å². The third kappa shape index (κ3) is 6.37. The number of esters is 1. The number of carbonyl (C=O) groups excluding carboxylic acids is 2. The molecule has 0 aliphatic rings. The standard InChI is InChI=1S/C26H20BrNO4S/c27-26-22-9-5-4-6-18(22)10-15-23(26)33-17-25(30)31-16-24(29)28-19-11-13-21(14-12-19)32-20-7-2-1-3-8-20/h1-15H,16-17H2,(H,28,29). The molecule has 4 aromatic rings. The zero-order valence-corrected chi connectivity index (χ0v) is 19.9. The lowest BCUT2D eigenvalue weighted by atomic mass is 10.1. The van der Waals surface area contributed by atoms with Crippen molar-refractivity contribution >= 4 is 56.0 Å². The molecule has 1 N–H and O–H groups in total. The summed E-state index contributed by atoms with van der Waals surface area (Å²) in [7, 11) is 0. The molecule has 0 saturated carbocycles. The van der Waals surface area contributed by atoms with Crippen LogP contribution >= 0.6 is 27.7 Å². The molecular weight excluding hydrogens is 502 g/mol. The van der Waals surface area contributed by atoms with Crippen molar-refractivity contribution < 1.29 is 19.1 Å². The van der Waals surface area contributed by atoms with Gasteiger partial charge >= 0.3 is 5.97 Å². The summed E-state index contributed by atoms with van der Waals surface area (Å²) in [4.78, 5) is 25.2. The molecule has 5 nitrogen and oxygen atoms in total. The number of carbonyl (C=O) groups is 2. The number of thioether (sulfide) groups is 1. The quantitative estimate of drug-likeness (QED) is 0.207. The maximum absolute atomic E-state index is 12.1. The van der Waals surface area contributed by atoms with E-state index in [0.717, 1.165) is 25.9 Å². The van der Waals surface area contributed by atoms with E-state index in [1.165, 1.54) is 11.8 Å². The molecule has 0 heterocycles. The van der Waals surface area contributed by atoms with Crippen LogP contribution < -0.4 is 10.1 Å². The van der Waals surface area contributed by atoms with E-state index in [1.807, 2.05) is 66.7 Å². The molecule has 4 aromatic carbocycles. The van der Waals surface area contributed by atoms with Gasteiger partial charge in [0.2, 0.25) is 0 Å². The molecule has 166 valence electrons. The summed E-state index contributed by atoms with van der Waals surface area (Å²) in [5, 5.41) is 4.90. The number of para-hydroxylation sites is 1. The molecule has 0 aliphatic carbocycles. The number of ether oxygens (including phenoxy) is 2. The monoisotopic (exact) mass is 521 g/mol. The summed E-state index contributed by atoms with van der Waals surface area (Å²) in [6.07, 6.45) is 0. The largest absolute Gasteiger partial charge is 0.457 e. The number of amides is 1. The van der Waals surface area contributed by atoms with Crippen LogP contribution in [-0.2, 0) is 14.3 Å². The number of benzene rings is 4. The highest BCUT2D eigenvalue weighted by Crippen LogP contribution is 2.34. The third-order valence-electron chi connectivity index (χ3n) is 4.65. The summed E-state index contributed by atoms with van der Waals surface area (Å²) < 4.78 is 11.8. The molecular formula is C26H20BrNO4S. The summed E-state index contributed by atoms with van der Waals surface area (Å²) >= 11 is 4.97. The van der Waals surface area contributed by atoms with E-state index < -0.39 is 11.9 Å². The Kier molecular flexibility index (Phi) is 7.65. The Morgan fingerprint density at radius 2 is 1.52 bits per heavy atom. The van der Waals surface area contributed by atoms with Gasteiger partial charge < -0.3 is 14.8 Å². The lowest BCUT2D eigenvalue weighted by Crippen LogP contribution is -2.21. The summed E-state index contributed by atoms with van der Waals surface area (Å²) in [5.74, 6) is 0.631. The van der Waals surface area contributed by atoms with E-state index in [4.69, 9.17) is 9.47 Å². The fraction of sp³-hybridized carbons (Fsp3) is 0.0769. The Morgan fingerprint density at radius 1 is 0.818 bits per heavy atom.